The molecule has 1 aromatic rings. The normalized spacial score (nSPS) is 21.3. The summed E-state index contributed by atoms with van der Waals surface area (Å²) in [5.74, 6) is 1.52. The van der Waals surface area contributed by atoms with Crippen LogP contribution in [-0.2, 0) is 4.74 Å². The van der Waals surface area contributed by atoms with Gasteiger partial charge in [0.15, 0.2) is 0 Å². The lowest BCUT2D eigenvalue weighted by atomic mass is 9.85. The number of hydrogen-bond acceptors (Lipinski definition) is 3. The molecule has 1 aliphatic rings. The molecule has 106 valence electrons. The molecule has 0 saturated carbocycles. The van der Waals surface area contributed by atoms with Gasteiger partial charge >= 0.3 is 0 Å². The lowest BCUT2D eigenvalue weighted by Crippen LogP contribution is -2.38. The van der Waals surface area contributed by atoms with Crippen molar-refractivity contribution in [3.8, 4) is 5.75 Å². The molecule has 2 rings (SSSR count). The van der Waals surface area contributed by atoms with Gasteiger partial charge in [-0.15, -0.1) is 0 Å². The van der Waals surface area contributed by atoms with Crippen LogP contribution in [0.4, 0.5) is 0 Å². The first-order valence-electron chi connectivity index (χ1n) is 7.26. The van der Waals surface area contributed by atoms with Crippen molar-refractivity contribution in [1.29, 1.82) is 0 Å². The van der Waals surface area contributed by atoms with Crippen molar-refractivity contribution in [2.75, 3.05) is 13.7 Å². The van der Waals surface area contributed by atoms with E-state index >= 15 is 0 Å². The van der Waals surface area contributed by atoms with Crippen LogP contribution in [0.3, 0.4) is 0 Å². The molecule has 0 radical (unpaired) electrons. The third kappa shape index (κ3) is 3.48. The Labute approximate surface area is 116 Å². The molecule has 19 heavy (non-hydrogen) atoms. The molecule has 0 saturated heterocycles. The first-order chi connectivity index (χ1) is 9.26. The number of hydrogen-bond donors (Lipinski definition) is 1. The maximum Gasteiger partial charge on any atom is 0.122 e. The minimum atomic E-state index is 0.0982. The fourth-order valence-corrected chi connectivity index (χ4v) is 2.93. The highest BCUT2D eigenvalue weighted by Gasteiger charge is 2.26. The van der Waals surface area contributed by atoms with Crippen LogP contribution in [0.1, 0.15) is 44.1 Å². The molecular formula is C16H25NO2. The Hall–Kier alpha value is -1.06. The SMILES string of the molecule is CCCC(OC)C(N)CC1CCOc2ccccc21. The highest BCUT2D eigenvalue weighted by Crippen LogP contribution is 2.36. The molecule has 0 aromatic heterocycles. The van der Waals surface area contributed by atoms with Crippen molar-refractivity contribution in [1.82, 2.24) is 0 Å². The van der Waals surface area contributed by atoms with Crippen molar-refractivity contribution in [2.24, 2.45) is 5.73 Å². The molecule has 1 heterocycles. The van der Waals surface area contributed by atoms with E-state index in [4.69, 9.17) is 15.2 Å². The average Bonchev–Trinajstić information content (AvgIpc) is 2.45. The van der Waals surface area contributed by atoms with Crippen molar-refractivity contribution < 1.29 is 9.47 Å². The fraction of sp³-hybridized carbons (Fsp3) is 0.625. The fourth-order valence-electron chi connectivity index (χ4n) is 2.93. The second-order valence-corrected chi connectivity index (χ2v) is 5.33. The van der Waals surface area contributed by atoms with E-state index in [-0.39, 0.29) is 12.1 Å². The maximum absolute atomic E-state index is 6.34. The zero-order chi connectivity index (χ0) is 13.7. The first-order valence-corrected chi connectivity index (χ1v) is 7.26. The van der Waals surface area contributed by atoms with Gasteiger partial charge in [0.25, 0.3) is 0 Å². The van der Waals surface area contributed by atoms with Gasteiger partial charge in [-0.1, -0.05) is 31.5 Å². The van der Waals surface area contributed by atoms with Crippen LogP contribution in [0.25, 0.3) is 0 Å². The number of methoxy groups -OCH3 is 1. The van der Waals surface area contributed by atoms with Gasteiger partial charge in [-0.2, -0.15) is 0 Å². The summed E-state index contributed by atoms with van der Waals surface area (Å²) in [4.78, 5) is 0. The van der Waals surface area contributed by atoms with Gasteiger partial charge < -0.3 is 15.2 Å². The van der Waals surface area contributed by atoms with E-state index in [0.717, 1.165) is 38.0 Å². The summed E-state index contributed by atoms with van der Waals surface area (Å²) in [6.07, 6.45) is 4.32. The lowest BCUT2D eigenvalue weighted by molar-refractivity contribution is 0.0664. The summed E-state index contributed by atoms with van der Waals surface area (Å²) < 4.78 is 11.2. The number of fused-ring (bicyclic) bond motifs is 1. The molecule has 0 fully saturated rings. The molecule has 1 aromatic carbocycles. The van der Waals surface area contributed by atoms with E-state index in [1.165, 1.54) is 5.56 Å². The van der Waals surface area contributed by atoms with E-state index in [1.807, 2.05) is 12.1 Å². The first kappa shape index (κ1) is 14.4. The van der Waals surface area contributed by atoms with Crippen LogP contribution in [0, 0.1) is 0 Å². The number of benzene rings is 1. The Morgan fingerprint density at radius 1 is 1.42 bits per heavy atom. The molecular weight excluding hydrogens is 238 g/mol. The van der Waals surface area contributed by atoms with Crippen molar-refractivity contribution in [2.45, 2.75) is 50.7 Å². The van der Waals surface area contributed by atoms with Gasteiger partial charge in [0, 0.05) is 13.2 Å². The highest BCUT2D eigenvalue weighted by atomic mass is 16.5. The summed E-state index contributed by atoms with van der Waals surface area (Å²) in [6.45, 7) is 2.96. The van der Waals surface area contributed by atoms with Crippen molar-refractivity contribution >= 4 is 0 Å². The Balaban J connectivity index is 2.03. The predicted molar refractivity (Wildman–Crippen MR) is 77.6 cm³/mol. The number of rotatable bonds is 6. The lowest BCUT2D eigenvalue weighted by Gasteiger charge is -2.30. The minimum Gasteiger partial charge on any atom is -0.493 e. The smallest absolute Gasteiger partial charge is 0.122 e. The highest BCUT2D eigenvalue weighted by molar-refractivity contribution is 5.37. The van der Waals surface area contributed by atoms with E-state index in [0.29, 0.717) is 5.92 Å². The zero-order valence-electron chi connectivity index (χ0n) is 12.0. The summed E-state index contributed by atoms with van der Waals surface area (Å²) >= 11 is 0. The standard InChI is InChI=1S/C16H25NO2/c1-3-6-16(18-2)14(17)11-12-9-10-19-15-8-5-4-7-13(12)15/h4-5,7-8,12,14,16H,3,6,9-11,17H2,1-2H3. The summed E-state index contributed by atoms with van der Waals surface area (Å²) in [7, 11) is 1.76. The Morgan fingerprint density at radius 2 is 2.21 bits per heavy atom. The molecule has 3 atom stereocenters. The molecule has 3 heteroatoms. The average molecular weight is 263 g/mol. The van der Waals surface area contributed by atoms with Crippen LogP contribution in [0.2, 0.25) is 0 Å². The quantitative estimate of drug-likeness (QED) is 0.857. The Bertz CT molecular complexity index is 394. The molecule has 1 aliphatic heterocycles. The van der Waals surface area contributed by atoms with Gasteiger partial charge in [-0.3, -0.25) is 0 Å². The van der Waals surface area contributed by atoms with E-state index in [1.54, 1.807) is 7.11 Å². The molecule has 2 N–H and O–H groups in total. The number of ether oxygens (including phenoxy) is 2. The second-order valence-electron chi connectivity index (χ2n) is 5.33. The molecule has 0 bridgehead atoms. The second kappa shape index (κ2) is 6.92. The summed E-state index contributed by atoms with van der Waals surface area (Å²) in [5.41, 5.74) is 7.64. The maximum atomic E-state index is 6.34. The predicted octanol–water partition coefficient (Wildman–Crippen LogP) is 3.09. The summed E-state index contributed by atoms with van der Waals surface area (Å²) in [6, 6.07) is 8.41. The van der Waals surface area contributed by atoms with Crippen LogP contribution in [0.5, 0.6) is 5.75 Å². The van der Waals surface area contributed by atoms with Crippen LogP contribution in [-0.4, -0.2) is 25.9 Å². The van der Waals surface area contributed by atoms with Crippen LogP contribution < -0.4 is 10.5 Å². The van der Waals surface area contributed by atoms with Gasteiger partial charge in [0.1, 0.15) is 5.75 Å². The Kier molecular flexibility index (Phi) is 5.23. The van der Waals surface area contributed by atoms with E-state index in [2.05, 4.69) is 19.1 Å². The topological polar surface area (TPSA) is 44.5 Å². The summed E-state index contributed by atoms with van der Waals surface area (Å²) in [5, 5.41) is 0. The third-order valence-corrected chi connectivity index (χ3v) is 3.99. The zero-order valence-corrected chi connectivity index (χ0v) is 12.0. The molecule has 0 aliphatic carbocycles. The molecule has 3 unspecified atom stereocenters. The Morgan fingerprint density at radius 3 is 2.95 bits per heavy atom. The van der Waals surface area contributed by atoms with Crippen LogP contribution >= 0.6 is 0 Å². The largest absolute Gasteiger partial charge is 0.493 e. The minimum absolute atomic E-state index is 0.0982. The number of nitrogens with two attached hydrogens (primary N) is 1. The monoisotopic (exact) mass is 263 g/mol. The number of para-hydroxylation sites is 1. The van der Waals surface area contributed by atoms with Gasteiger partial charge in [-0.05, 0) is 36.8 Å². The van der Waals surface area contributed by atoms with Crippen LogP contribution in [0.15, 0.2) is 24.3 Å². The van der Waals surface area contributed by atoms with E-state index in [9.17, 15) is 0 Å². The van der Waals surface area contributed by atoms with Gasteiger partial charge in [0.05, 0.1) is 12.7 Å². The van der Waals surface area contributed by atoms with Gasteiger partial charge in [-0.25, -0.2) is 0 Å². The van der Waals surface area contributed by atoms with Gasteiger partial charge in [0.2, 0.25) is 0 Å². The van der Waals surface area contributed by atoms with E-state index < -0.39 is 0 Å². The van der Waals surface area contributed by atoms with Crippen molar-refractivity contribution in [3.05, 3.63) is 29.8 Å². The molecule has 0 spiro atoms. The molecule has 3 nitrogen and oxygen atoms in total. The molecule has 0 amide bonds. The van der Waals surface area contributed by atoms with Crippen molar-refractivity contribution in [3.63, 3.8) is 0 Å². The third-order valence-electron chi connectivity index (χ3n) is 3.99.